The molecule has 0 aliphatic carbocycles. The Bertz CT molecular complexity index is 774. The van der Waals surface area contributed by atoms with E-state index in [4.69, 9.17) is 0 Å². The zero-order valence-electron chi connectivity index (χ0n) is 14.8. The van der Waals surface area contributed by atoms with Gasteiger partial charge in [0.25, 0.3) is 5.91 Å². The fraction of sp³-hybridized carbons (Fsp3) is 0.474. The Morgan fingerprint density at radius 1 is 1.19 bits per heavy atom. The van der Waals surface area contributed by atoms with E-state index in [1.807, 2.05) is 6.20 Å². The van der Waals surface area contributed by atoms with Crippen molar-refractivity contribution in [2.45, 2.75) is 44.8 Å². The van der Waals surface area contributed by atoms with Gasteiger partial charge >= 0.3 is 6.18 Å². The lowest BCUT2D eigenvalue weighted by Crippen LogP contribution is -2.39. The fourth-order valence-electron chi connectivity index (χ4n) is 3.51. The summed E-state index contributed by atoms with van der Waals surface area (Å²) >= 11 is 0. The molecule has 2 aromatic rings. The largest absolute Gasteiger partial charge is 0.417 e. The number of imidazole rings is 1. The van der Waals surface area contributed by atoms with E-state index >= 15 is 0 Å². The second-order valence-corrected chi connectivity index (χ2v) is 6.90. The Labute approximate surface area is 150 Å². The van der Waals surface area contributed by atoms with Gasteiger partial charge in [0.2, 0.25) is 0 Å². The lowest BCUT2D eigenvalue weighted by molar-refractivity contribution is -0.138. The molecule has 1 aliphatic heterocycles. The molecule has 1 saturated heterocycles. The van der Waals surface area contributed by atoms with Crippen LogP contribution in [0.1, 0.15) is 60.4 Å². The predicted molar refractivity (Wildman–Crippen MR) is 91.9 cm³/mol. The first-order valence-corrected chi connectivity index (χ1v) is 8.77. The van der Waals surface area contributed by atoms with Gasteiger partial charge in [-0.05, 0) is 38.8 Å². The van der Waals surface area contributed by atoms with E-state index in [-0.39, 0.29) is 11.5 Å². The molecule has 7 heteroatoms. The molecule has 0 atom stereocenters. The van der Waals surface area contributed by atoms with E-state index in [1.54, 1.807) is 6.20 Å². The minimum absolute atomic E-state index is 0.217. The molecule has 0 N–H and O–H groups in total. The van der Waals surface area contributed by atoms with Crippen molar-refractivity contribution in [1.29, 1.82) is 0 Å². The van der Waals surface area contributed by atoms with Gasteiger partial charge in [0.15, 0.2) is 0 Å². The highest BCUT2D eigenvalue weighted by Gasteiger charge is 2.36. The van der Waals surface area contributed by atoms with Crippen LogP contribution in [0.3, 0.4) is 0 Å². The lowest BCUT2D eigenvalue weighted by atomic mass is 9.94. The van der Waals surface area contributed by atoms with Crippen LogP contribution >= 0.6 is 0 Å². The summed E-state index contributed by atoms with van der Waals surface area (Å²) < 4.78 is 41.6. The molecule has 0 spiro atoms. The zero-order valence-corrected chi connectivity index (χ0v) is 14.8. The third-order valence-corrected chi connectivity index (χ3v) is 4.87. The van der Waals surface area contributed by atoms with Gasteiger partial charge in [-0.15, -0.1) is 0 Å². The molecule has 0 radical (unpaired) electrons. The van der Waals surface area contributed by atoms with Crippen molar-refractivity contribution in [1.82, 2.24) is 14.5 Å². The molecule has 4 nitrogen and oxygen atoms in total. The van der Waals surface area contributed by atoms with Gasteiger partial charge in [-0.25, -0.2) is 4.98 Å². The van der Waals surface area contributed by atoms with Crippen molar-refractivity contribution in [3.8, 4) is 0 Å². The van der Waals surface area contributed by atoms with Crippen molar-refractivity contribution in [3.05, 3.63) is 53.6 Å². The summed E-state index contributed by atoms with van der Waals surface area (Å²) in [5, 5.41) is 0. The Balaban J connectivity index is 1.73. The smallest absolute Gasteiger partial charge is 0.339 e. The molecule has 1 aromatic heterocycles. The Morgan fingerprint density at radius 2 is 1.85 bits per heavy atom. The number of benzene rings is 1. The minimum atomic E-state index is -4.54. The molecular weight excluding hydrogens is 343 g/mol. The van der Waals surface area contributed by atoms with Crippen LogP contribution < -0.4 is 0 Å². The molecule has 1 fully saturated rings. The molecule has 2 heterocycles. The van der Waals surface area contributed by atoms with E-state index < -0.39 is 17.6 Å². The number of rotatable bonds is 3. The predicted octanol–water partition coefficient (Wildman–Crippen LogP) is 4.50. The van der Waals surface area contributed by atoms with Gasteiger partial charge in [0.1, 0.15) is 5.82 Å². The van der Waals surface area contributed by atoms with E-state index in [1.165, 1.54) is 23.1 Å². The summed E-state index contributed by atoms with van der Waals surface area (Å²) in [5.41, 5.74) is -1.15. The number of aromatic nitrogens is 2. The van der Waals surface area contributed by atoms with Gasteiger partial charge < -0.3 is 9.47 Å². The summed E-state index contributed by atoms with van der Waals surface area (Å²) in [5.74, 6) is 0.653. The van der Waals surface area contributed by atoms with Crippen LogP contribution in [0.25, 0.3) is 0 Å². The second kappa shape index (κ2) is 7.13. The van der Waals surface area contributed by atoms with E-state index in [2.05, 4.69) is 23.4 Å². The van der Waals surface area contributed by atoms with Crippen LogP contribution in [-0.2, 0) is 6.18 Å². The molecule has 26 heavy (non-hydrogen) atoms. The van der Waals surface area contributed by atoms with Gasteiger partial charge in [-0.3, -0.25) is 4.79 Å². The third-order valence-electron chi connectivity index (χ3n) is 4.87. The molecule has 1 aromatic carbocycles. The van der Waals surface area contributed by atoms with Crippen LogP contribution in [-0.4, -0.2) is 33.4 Å². The molecule has 0 saturated carbocycles. The topological polar surface area (TPSA) is 38.1 Å². The van der Waals surface area contributed by atoms with Crippen LogP contribution in [0.15, 0.2) is 36.7 Å². The summed E-state index contributed by atoms with van der Waals surface area (Å²) in [7, 11) is 0. The second-order valence-electron chi connectivity index (χ2n) is 6.90. The maximum atomic E-state index is 13.2. The van der Waals surface area contributed by atoms with Crippen molar-refractivity contribution in [3.63, 3.8) is 0 Å². The molecule has 3 rings (SSSR count). The van der Waals surface area contributed by atoms with Crippen molar-refractivity contribution in [2.24, 2.45) is 0 Å². The number of carbonyl (C=O) groups excluding carboxylic acids is 1. The monoisotopic (exact) mass is 365 g/mol. The normalized spacial score (nSPS) is 16.3. The average molecular weight is 365 g/mol. The Hall–Kier alpha value is -2.31. The number of likely N-dealkylation sites (tertiary alicyclic amines) is 1. The minimum Gasteiger partial charge on any atom is -0.339 e. The van der Waals surface area contributed by atoms with E-state index in [9.17, 15) is 18.0 Å². The molecule has 140 valence electrons. The maximum absolute atomic E-state index is 13.2. The van der Waals surface area contributed by atoms with E-state index in [0.29, 0.717) is 32.0 Å². The third kappa shape index (κ3) is 3.61. The molecule has 0 bridgehead atoms. The van der Waals surface area contributed by atoms with E-state index in [0.717, 1.165) is 11.9 Å². The highest BCUT2D eigenvalue weighted by Crippen LogP contribution is 2.34. The molecule has 1 amide bonds. The summed E-state index contributed by atoms with van der Waals surface area (Å²) in [4.78, 5) is 18.6. The summed E-state index contributed by atoms with van der Waals surface area (Å²) in [6.45, 7) is 5.02. The van der Waals surface area contributed by atoms with Gasteiger partial charge in [-0.1, -0.05) is 12.1 Å². The highest BCUT2D eigenvalue weighted by molar-refractivity contribution is 5.96. The van der Waals surface area contributed by atoms with Gasteiger partial charge in [-0.2, -0.15) is 13.2 Å². The Kier molecular flexibility index (Phi) is 5.07. The van der Waals surface area contributed by atoms with Crippen LogP contribution in [0.2, 0.25) is 0 Å². The standard InChI is InChI=1S/C19H22F3N3O/c1-13(2)25-12-9-23-17(25)14-7-10-24(11-8-14)18(26)15-5-3-4-6-16(15)19(20,21)22/h3-6,9,12-14H,7-8,10-11H2,1-2H3. The van der Waals surface area contributed by atoms with Crippen LogP contribution in [0.5, 0.6) is 0 Å². The first-order chi connectivity index (χ1) is 12.3. The first kappa shape index (κ1) is 18.5. The number of halogens is 3. The summed E-state index contributed by atoms with van der Waals surface area (Å²) in [6, 6.07) is 5.28. The van der Waals surface area contributed by atoms with Crippen molar-refractivity contribution < 1.29 is 18.0 Å². The number of hydrogen-bond donors (Lipinski definition) is 0. The number of nitrogens with zero attached hydrogens (tertiary/aromatic N) is 3. The fourth-order valence-corrected chi connectivity index (χ4v) is 3.51. The van der Waals surface area contributed by atoms with Crippen LogP contribution in [0.4, 0.5) is 13.2 Å². The first-order valence-electron chi connectivity index (χ1n) is 8.77. The summed E-state index contributed by atoms with van der Waals surface area (Å²) in [6.07, 6.45) is 0.573. The number of amides is 1. The van der Waals surface area contributed by atoms with Gasteiger partial charge in [0.05, 0.1) is 11.1 Å². The zero-order chi connectivity index (χ0) is 18.9. The number of alkyl halides is 3. The highest BCUT2D eigenvalue weighted by atomic mass is 19.4. The number of hydrogen-bond acceptors (Lipinski definition) is 2. The van der Waals surface area contributed by atoms with Gasteiger partial charge in [0, 0.05) is 37.4 Å². The number of piperidine rings is 1. The average Bonchev–Trinajstić information content (AvgIpc) is 3.10. The maximum Gasteiger partial charge on any atom is 0.417 e. The quantitative estimate of drug-likeness (QED) is 0.803. The molecule has 0 unspecified atom stereocenters. The molecule has 1 aliphatic rings. The lowest BCUT2D eigenvalue weighted by Gasteiger charge is -2.33. The Morgan fingerprint density at radius 3 is 2.46 bits per heavy atom. The van der Waals surface area contributed by atoms with Crippen LogP contribution in [0, 0.1) is 0 Å². The van der Waals surface area contributed by atoms with Crippen molar-refractivity contribution in [2.75, 3.05) is 13.1 Å². The number of carbonyl (C=O) groups is 1. The van der Waals surface area contributed by atoms with Crippen molar-refractivity contribution >= 4 is 5.91 Å². The SMILES string of the molecule is CC(C)n1ccnc1C1CCN(C(=O)c2ccccc2C(F)(F)F)CC1. The molecular formula is C19H22F3N3O.